The van der Waals surface area contributed by atoms with Crippen molar-refractivity contribution < 1.29 is 28.7 Å². The molecule has 3 aliphatic rings. The van der Waals surface area contributed by atoms with Crippen LogP contribution < -0.4 is 20.1 Å². The average molecular weight is 458 g/mol. The van der Waals surface area contributed by atoms with Crippen LogP contribution in [0.3, 0.4) is 0 Å². The smallest absolute Gasteiger partial charge is 0.261 e. The summed E-state index contributed by atoms with van der Waals surface area (Å²) in [4.78, 5) is 51.4. The lowest BCUT2D eigenvalue weighted by atomic mass is 9.92. The van der Waals surface area contributed by atoms with Crippen molar-refractivity contribution in [3.63, 3.8) is 0 Å². The Morgan fingerprint density at radius 1 is 1.21 bits per heavy atom. The van der Waals surface area contributed by atoms with Crippen molar-refractivity contribution in [3.05, 3.63) is 24.3 Å². The predicted octanol–water partition coefficient (Wildman–Crippen LogP) is 0.911. The van der Waals surface area contributed by atoms with E-state index < -0.39 is 12.1 Å². The Morgan fingerprint density at radius 2 is 1.97 bits per heavy atom. The van der Waals surface area contributed by atoms with Crippen molar-refractivity contribution in [1.29, 1.82) is 0 Å². The van der Waals surface area contributed by atoms with Crippen LogP contribution in [0.15, 0.2) is 24.3 Å². The van der Waals surface area contributed by atoms with Crippen LogP contribution in [-0.4, -0.2) is 67.8 Å². The number of hydrogen-bond acceptors (Lipinski definition) is 6. The molecule has 3 amide bonds. The van der Waals surface area contributed by atoms with E-state index in [1.54, 1.807) is 36.3 Å². The Balaban J connectivity index is 1.40. The summed E-state index contributed by atoms with van der Waals surface area (Å²) < 4.78 is 10.8. The van der Waals surface area contributed by atoms with Gasteiger partial charge in [-0.3, -0.25) is 14.4 Å². The molecule has 0 aromatic heterocycles. The Labute approximate surface area is 193 Å². The number of hydrogen-bond donors (Lipinski definition) is 2. The third-order valence-corrected chi connectivity index (χ3v) is 7.09. The van der Waals surface area contributed by atoms with E-state index in [0.717, 1.165) is 19.3 Å². The lowest BCUT2D eigenvalue weighted by Crippen LogP contribution is -2.52. The van der Waals surface area contributed by atoms with Crippen molar-refractivity contribution in [2.75, 3.05) is 26.8 Å². The normalized spacial score (nSPS) is 26.9. The minimum atomic E-state index is -0.751. The molecule has 0 radical (unpaired) electrons. The van der Waals surface area contributed by atoms with Gasteiger partial charge in [0, 0.05) is 19.0 Å². The second-order valence-electron chi connectivity index (χ2n) is 9.07. The highest BCUT2D eigenvalue weighted by Gasteiger charge is 2.49. The summed E-state index contributed by atoms with van der Waals surface area (Å²) in [5.41, 5.74) is 0. The monoisotopic (exact) mass is 457 g/mol. The quantitative estimate of drug-likeness (QED) is 0.533. The highest BCUT2D eigenvalue weighted by Crippen LogP contribution is 2.42. The first-order valence-electron chi connectivity index (χ1n) is 11.6. The number of likely N-dealkylation sites (tertiary alicyclic amines) is 1. The molecule has 0 unspecified atom stereocenters. The third kappa shape index (κ3) is 5.12. The molecule has 9 nitrogen and oxygen atoms in total. The van der Waals surface area contributed by atoms with E-state index in [4.69, 9.17) is 9.47 Å². The van der Waals surface area contributed by atoms with Crippen LogP contribution in [-0.2, 0) is 19.2 Å². The molecule has 0 bridgehead atoms. The molecule has 1 aromatic rings. The molecule has 4 rings (SSSR count). The number of aldehydes is 1. The van der Waals surface area contributed by atoms with Gasteiger partial charge >= 0.3 is 0 Å². The van der Waals surface area contributed by atoms with Gasteiger partial charge in [0.2, 0.25) is 11.8 Å². The van der Waals surface area contributed by atoms with Gasteiger partial charge < -0.3 is 29.8 Å². The minimum Gasteiger partial charge on any atom is -0.497 e. The van der Waals surface area contributed by atoms with Gasteiger partial charge in [-0.15, -0.1) is 0 Å². The maximum Gasteiger partial charge on any atom is 0.261 e. The fourth-order valence-electron chi connectivity index (χ4n) is 5.39. The standard InChI is InChI=1S/C24H31N3O6/c1-32-18-5-7-19(8-6-18)33-14-21(29)27-12-16-3-2-4-20(16)22(27)24(31)26-17(13-28)11-15-9-10-25-23(15)30/h5-8,13,15-17,20,22H,2-4,9-12,14H2,1H3,(H,25,30)(H,26,31)/t15-,16-,17-,20-,22-/m0/s1. The van der Waals surface area contributed by atoms with Gasteiger partial charge in [-0.25, -0.2) is 0 Å². The van der Waals surface area contributed by atoms with Gasteiger partial charge in [0.1, 0.15) is 23.8 Å². The SMILES string of the molecule is COc1ccc(OCC(=O)N2C[C@@H]3CCC[C@@H]3[C@H]2C(=O)N[C@H](C=O)C[C@@H]2CCNC2=O)cc1. The Kier molecular flexibility index (Phi) is 7.15. The van der Waals surface area contributed by atoms with E-state index in [9.17, 15) is 19.2 Å². The fraction of sp³-hybridized carbons (Fsp3) is 0.583. The van der Waals surface area contributed by atoms with Crippen LogP contribution in [0, 0.1) is 17.8 Å². The van der Waals surface area contributed by atoms with Gasteiger partial charge in [-0.05, 0) is 61.8 Å². The van der Waals surface area contributed by atoms with Crippen LogP contribution >= 0.6 is 0 Å². The minimum absolute atomic E-state index is 0.0806. The summed E-state index contributed by atoms with van der Waals surface area (Å²) in [5, 5.41) is 5.56. The van der Waals surface area contributed by atoms with Crippen molar-refractivity contribution in [2.45, 2.75) is 44.2 Å². The molecule has 1 aromatic carbocycles. The lowest BCUT2D eigenvalue weighted by molar-refractivity contribution is -0.141. The Hall–Kier alpha value is -3.10. The van der Waals surface area contributed by atoms with Gasteiger partial charge in [0.05, 0.1) is 13.2 Å². The zero-order valence-electron chi connectivity index (χ0n) is 18.8. The molecule has 178 valence electrons. The summed E-state index contributed by atoms with van der Waals surface area (Å²) in [5.74, 6) is 0.658. The fourth-order valence-corrected chi connectivity index (χ4v) is 5.39. The topological polar surface area (TPSA) is 114 Å². The van der Waals surface area contributed by atoms with E-state index in [0.29, 0.717) is 37.3 Å². The first-order chi connectivity index (χ1) is 16.0. The van der Waals surface area contributed by atoms with E-state index in [2.05, 4.69) is 10.6 Å². The van der Waals surface area contributed by atoms with Crippen molar-refractivity contribution in [1.82, 2.24) is 15.5 Å². The molecule has 1 aliphatic carbocycles. The number of amides is 3. The highest BCUT2D eigenvalue weighted by molar-refractivity contribution is 5.91. The summed E-state index contributed by atoms with van der Waals surface area (Å²) in [7, 11) is 1.58. The molecule has 1 saturated carbocycles. The molecular formula is C24H31N3O6. The third-order valence-electron chi connectivity index (χ3n) is 7.09. The molecule has 2 aliphatic heterocycles. The maximum absolute atomic E-state index is 13.3. The molecular weight excluding hydrogens is 426 g/mol. The Morgan fingerprint density at radius 3 is 2.64 bits per heavy atom. The van der Waals surface area contributed by atoms with Gasteiger partial charge in [0.25, 0.3) is 5.91 Å². The summed E-state index contributed by atoms with van der Waals surface area (Å²) in [6, 6.07) is 5.58. The summed E-state index contributed by atoms with van der Waals surface area (Å²) >= 11 is 0. The molecule has 2 saturated heterocycles. The first-order valence-corrected chi connectivity index (χ1v) is 11.6. The van der Waals surface area contributed by atoms with Gasteiger partial charge in [0.15, 0.2) is 6.61 Å². The summed E-state index contributed by atoms with van der Waals surface area (Å²) in [6.07, 6.45) is 4.50. The Bertz CT molecular complexity index is 889. The first kappa shape index (κ1) is 23.1. The number of rotatable bonds is 9. The van der Waals surface area contributed by atoms with Crippen LogP contribution in [0.2, 0.25) is 0 Å². The zero-order chi connectivity index (χ0) is 23.4. The largest absolute Gasteiger partial charge is 0.497 e. The molecule has 2 N–H and O–H groups in total. The maximum atomic E-state index is 13.3. The molecule has 0 spiro atoms. The van der Waals surface area contributed by atoms with Crippen LogP contribution in [0.5, 0.6) is 11.5 Å². The lowest BCUT2D eigenvalue weighted by Gasteiger charge is -2.28. The van der Waals surface area contributed by atoms with Gasteiger partial charge in [-0.1, -0.05) is 6.42 Å². The van der Waals surface area contributed by atoms with Crippen molar-refractivity contribution in [3.8, 4) is 11.5 Å². The van der Waals surface area contributed by atoms with E-state index in [1.807, 2.05) is 0 Å². The van der Waals surface area contributed by atoms with E-state index in [1.165, 1.54) is 0 Å². The molecule has 3 fully saturated rings. The molecule has 5 atom stereocenters. The number of carbonyl (C=O) groups excluding carboxylic acids is 4. The van der Waals surface area contributed by atoms with Gasteiger partial charge in [-0.2, -0.15) is 0 Å². The summed E-state index contributed by atoms with van der Waals surface area (Å²) in [6.45, 7) is 0.936. The number of ether oxygens (including phenoxy) is 2. The van der Waals surface area contributed by atoms with E-state index in [-0.39, 0.29) is 48.5 Å². The molecule has 33 heavy (non-hydrogen) atoms. The van der Waals surface area contributed by atoms with Crippen LogP contribution in [0.4, 0.5) is 0 Å². The number of benzene rings is 1. The van der Waals surface area contributed by atoms with Crippen LogP contribution in [0.1, 0.15) is 32.1 Å². The number of carbonyl (C=O) groups is 4. The average Bonchev–Trinajstić information content (AvgIpc) is 3.53. The second-order valence-corrected chi connectivity index (χ2v) is 9.07. The number of nitrogens with one attached hydrogen (secondary N) is 2. The second kappa shape index (κ2) is 10.2. The van der Waals surface area contributed by atoms with E-state index >= 15 is 0 Å². The molecule has 9 heteroatoms. The predicted molar refractivity (Wildman–Crippen MR) is 119 cm³/mol. The van der Waals surface area contributed by atoms with Crippen LogP contribution in [0.25, 0.3) is 0 Å². The van der Waals surface area contributed by atoms with Crippen molar-refractivity contribution in [2.24, 2.45) is 17.8 Å². The number of methoxy groups -OCH3 is 1. The number of nitrogens with zero attached hydrogens (tertiary/aromatic N) is 1. The van der Waals surface area contributed by atoms with Crippen molar-refractivity contribution >= 4 is 24.0 Å². The zero-order valence-corrected chi connectivity index (χ0v) is 18.8. The molecule has 2 heterocycles. The highest BCUT2D eigenvalue weighted by atomic mass is 16.5. The number of fused-ring (bicyclic) bond motifs is 1.